The molecule has 2 bridgehead atoms. The van der Waals surface area contributed by atoms with E-state index in [0.29, 0.717) is 0 Å². The summed E-state index contributed by atoms with van der Waals surface area (Å²) in [7, 11) is 0. The largest absolute Gasteiger partial charge is 0.374 e. The predicted molar refractivity (Wildman–Crippen MR) is 68.8 cm³/mol. The molecule has 1 aliphatic heterocycles. The third-order valence-electron chi connectivity index (χ3n) is 5.45. The van der Waals surface area contributed by atoms with E-state index >= 15 is 0 Å². The Kier molecular flexibility index (Phi) is 2.96. The van der Waals surface area contributed by atoms with Gasteiger partial charge in [-0.2, -0.15) is 0 Å². The average molecular weight is 238 g/mol. The van der Waals surface area contributed by atoms with Crippen LogP contribution in [0, 0.1) is 11.8 Å². The second-order valence-corrected chi connectivity index (χ2v) is 6.70. The lowest BCUT2D eigenvalue weighted by Crippen LogP contribution is -2.58. The van der Waals surface area contributed by atoms with E-state index in [1.54, 1.807) is 0 Å². The summed E-state index contributed by atoms with van der Waals surface area (Å²) in [5, 5.41) is 3.81. The minimum Gasteiger partial charge on any atom is -0.374 e. The first kappa shape index (κ1) is 11.9. The van der Waals surface area contributed by atoms with Crippen molar-refractivity contribution < 1.29 is 4.74 Å². The Morgan fingerprint density at radius 3 is 2.82 bits per heavy atom. The van der Waals surface area contributed by atoms with Crippen LogP contribution in [-0.4, -0.2) is 30.8 Å². The van der Waals surface area contributed by atoms with Gasteiger partial charge in [-0.1, -0.05) is 6.42 Å². The highest BCUT2D eigenvalue weighted by Gasteiger charge is 2.50. The van der Waals surface area contributed by atoms with Gasteiger partial charge in [0.15, 0.2) is 0 Å². The Balaban J connectivity index is 1.63. The first-order chi connectivity index (χ1) is 8.16. The summed E-state index contributed by atoms with van der Waals surface area (Å²) >= 11 is 0. The van der Waals surface area contributed by atoms with E-state index in [9.17, 15) is 0 Å². The van der Waals surface area contributed by atoms with Crippen LogP contribution in [0.2, 0.25) is 0 Å². The van der Waals surface area contributed by atoms with Gasteiger partial charge in [-0.25, -0.2) is 0 Å². The molecule has 1 heterocycles. The van der Waals surface area contributed by atoms with Crippen molar-refractivity contribution in [1.82, 2.24) is 5.32 Å². The molecule has 3 fully saturated rings. The molecule has 0 aromatic carbocycles. The zero-order valence-electron chi connectivity index (χ0n) is 11.0. The van der Waals surface area contributed by atoms with Crippen LogP contribution in [0.15, 0.2) is 0 Å². The van der Waals surface area contributed by atoms with Crippen LogP contribution in [0.1, 0.15) is 45.4 Å². The quantitative estimate of drug-likeness (QED) is 0.783. The van der Waals surface area contributed by atoms with Gasteiger partial charge in [0, 0.05) is 25.2 Å². The van der Waals surface area contributed by atoms with Gasteiger partial charge in [-0.05, 0) is 50.9 Å². The minimum atomic E-state index is 0.0595. The average Bonchev–Trinajstić information content (AvgIpc) is 3.02. The fourth-order valence-electron chi connectivity index (χ4n) is 4.32. The van der Waals surface area contributed by atoms with E-state index in [2.05, 4.69) is 12.2 Å². The Morgan fingerprint density at radius 2 is 2.29 bits per heavy atom. The van der Waals surface area contributed by atoms with E-state index in [1.807, 2.05) is 0 Å². The number of hydrogen-bond acceptors (Lipinski definition) is 3. The number of ether oxygens (including phenoxy) is 1. The molecule has 1 saturated heterocycles. The molecule has 98 valence electrons. The second kappa shape index (κ2) is 4.22. The van der Waals surface area contributed by atoms with Crippen LogP contribution in [0.25, 0.3) is 0 Å². The fraction of sp³-hybridized carbons (Fsp3) is 1.00. The first-order valence-electron chi connectivity index (χ1n) is 7.25. The molecular formula is C14H26N2O. The maximum atomic E-state index is 6.08. The number of hydrogen-bond donors (Lipinski definition) is 2. The highest BCUT2D eigenvalue weighted by atomic mass is 16.5. The Hall–Kier alpha value is -0.120. The van der Waals surface area contributed by atoms with Gasteiger partial charge in [-0.15, -0.1) is 0 Å². The zero-order chi connectivity index (χ0) is 11.9. The van der Waals surface area contributed by atoms with Crippen LogP contribution in [-0.2, 0) is 4.74 Å². The van der Waals surface area contributed by atoms with E-state index in [4.69, 9.17) is 10.5 Å². The van der Waals surface area contributed by atoms with Crippen LogP contribution < -0.4 is 11.1 Å². The van der Waals surface area contributed by atoms with E-state index in [0.717, 1.165) is 31.5 Å². The third-order valence-corrected chi connectivity index (χ3v) is 5.45. The standard InChI is InChI=1S/C14H26N2O/c1-13(5-2-6-17-13)10-16-14(9-15)8-11-3-4-12(14)7-11/h11-12,16H,2-10,15H2,1H3. The van der Waals surface area contributed by atoms with E-state index in [1.165, 1.54) is 38.5 Å². The number of rotatable bonds is 4. The molecule has 3 aliphatic rings. The van der Waals surface area contributed by atoms with Gasteiger partial charge in [0.25, 0.3) is 0 Å². The normalized spacial score (nSPS) is 49.1. The number of nitrogens with one attached hydrogen (secondary N) is 1. The SMILES string of the molecule is CC1(CNC2(CN)CC3CCC2C3)CCCO1. The van der Waals surface area contributed by atoms with E-state index < -0.39 is 0 Å². The van der Waals surface area contributed by atoms with Gasteiger partial charge in [0.1, 0.15) is 0 Å². The monoisotopic (exact) mass is 238 g/mol. The molecule has 0 spiro atoms. The van der Waals surface area contributed by atoms with Crippen LogP contribution in [0.4, 0.5) is 0 Å². The van der Waals surface area contributed by atoms with E-state index in [-0.39, 0.29) is 11.1 Å². The van der Waals surface area contributed by atoms with Crippen molar-refractivity contribution in [3.63, 3.8) is 0 Å². The van der Waals surface area contributed by atoms with Crippen molar-refractivity contribution in [3.05, 3.63) is 0 Å². The molecule has 3 rings (SSSR count). The summed E-state index contributed by atoms with van der Waals surface area (Å²) in [6.07, 6.45) is 7.91. The third kappa shape index (κ3) is 2.02. The van der Waals surface area contributed by atoms with Crippen LogP contribution in [0.5, 0.6) is 0 Å². The summed E-state index contributed by atoms with van der Waals surface area (Å²) in [5.74, 6) is 1.76. The summed E-state index contributed by atoms with van der Waals surface area (Å²) in [6, 6.07) is 0. The molecule has 2 saturated carbocycles. The molecule has 17 heavy (non-hydrogen) atoms. The lowest BCUT2D eigenvalue weighted by Gasteiger charge is -2.40. The first-order valence-corrected chi connectivity index (χ1v) is 7.25. The minimum absolute atomic E-state index is 0.0595. The van der Waals surface area contributed by atoms with Crippen molar-refractivity contribution in [3.8, 4) is 0 Å². The van der Waals surface area contributed by atoms with Gasteiger partial charge < -0.3 is 15.8 Å². The smallest absolute Gasteiger partial charge is 0.0779 e. The highest BCUT2D eigenvalue weighted by Crippen LogP contribution is 2.50. The molecule has 0 aromatic heterocycles. The van der Waals surface area contributed by atoms with Crippen molar-refractivity contribution in [2.75, 3.05) is 19.7 Å². The summed E-state index contributed by atoms with van der Waals surface area (Å²) in [6.45, 7) is 4.95. The Morgan fingerprint density at radius 1 is 1.41 bits per heavy atom. The highest BCUT2D eigenvalue weighted by molar-refractivity contribution is 5.07. The molecule has 4 atom stereocenters. The maximum absolute atomic E-state index is 6.08. The Labute approximate surface area is 104 Å². The summed E-state index contributed by atoms with van der Waals surface area (Å²) < 4.78 is 5.87. The zero-order valence-corrected chi connectivity index (χ0v) is 11.0. The number of nitrogens with two attached hydrogens (primary N) is 1. The van der Waals surface area contributed by atoms with Gasteiger partial charge >= 0.3 is 0 Å². The number of fused-ring (bicyclic) bond motifs is 2. The van der Waals surface area contributed by atoms with Crippen molar-refractivity contribution in [1.29, 1.82) is 0 Å². The summed E-state index contributed by atoms with van der Waals surface area (Å²) in [5.41, 5.74) is 6.37. The molecule has 2 aliphatic carbocycles. The van der Waals surface area contributed by atoms with Gasteiger partial charge in [-0.3, -0.25) is 0 Å². The van der Waals surface area contributed by atoms with Crippen LogP contribution in [0.3, 0.4) is 0 Å². The molecule has 0 radical (unpaired) electrons. The molecule has 3 heteroatoms. The molecule has 0 amide bonds. The van der Waals surface area contributed by atoms with Crippen molar-refractivity contribution in [2.24, 2.45) is 17.6 Å². The Bertz CT molecular complexity index is 288. The van der Waals surface area contributed by atoms with Crippen LogP contribution >= 0.6 is 0 Å². The van der Waals surface area contributed by atoms with Gasteiger partial charge in [0.2, 0.25) is 0 Å². The maximum Gasteiger partial charge on any atom is 0.0779 e. The molecule has 3 N–H and O–H groups in total. The second-order valence-electron chi connectivity index (χ2n) is 6.70. The predicted octanol–water partition coefficient (Wildman–Crippen LogP) is 1.66. The van der Waals surface area contributed by atoms with Crippen molar-refractivity contribution in [2.45, 2.75) is 56.6 Å². The summed E-state index contributed by atoms with van der Waals surface area (Å²) in [4.78, 5) is 0. The molecule has 4 unspecified atom stereocenters. The lowest BCUT2D eigenvalue weighted by molar-refractivity contribution is 0.0106. The lowest BCUT2D eigenvalue weighted by atomic mass is 9.80. The fourth-order valence-corrected chi connectivity index (χ4v) is 4.32. The molecule has 3 nitrogen and oxygen atoms in total. The van der Waals surface area contributed by atoms with Crippen molar-refractivity contribution >= 4 is 0 Å². The molecular weight excluding hydrogens is 212 g/mol. The van der Waals surface area contributed by atoms with Gasteiger partial charge in [0.05, 0.1) is 5.60 Å². The molecule has 0 aromatic rings. The topological polar surface area (TPSA) is 47.3 Å².